The highest BCUT2D eigenvalue weighted by atomic mass is 32.2. The van der Waals surface area contributed by atoms with Crippen LogP contribution in [0, 0.1) is 0 Å². The Morgan fingerprint density at radius 2 is 2.14 bits per heavy atom. The summed E-state index contributed by atoms with van der Waals surface area (Å²) in [5.41, 5.74) is 1.84. The van der Waals surface area contributed by atoms with E-state index in [4.69, 9.17) is 4.74 Å². The quantitative estimate of drug-likeness (QED) is 0.878. The van der Waals surface area contributed by atoms with Gasteiger partial charge in [0.1, 0.15) is 12.4 Å². The van der Waals surface area contributed by atoms with Crippen LogP contribution in [0.25, 0.3) is 0 Å². The summed E-state index contributed by atoms with van der Waals surface area (Å²) in [6, 6.07) is 5.63. The van der Waals surface area contributed by atoms with E-state index in [9.17, 15) is 9.90 Å². The summed E-state index contributed by atoms with van der Waals surface area (Å²) in [5.74, 6) is 1.45. The lowest BCUT2D eigenvalue weighted by molar-refractivity contribution is -0.116. The topological polar surface area (TPSA) is 58.6 Å². The Balaban J connectivity index is 1.92. The molecule has 1 amide bonds. The largest absolute Gasteiger partial charge is 0.490 e. The Morgan fingerprint density at radius 3 is 2.86 bits per heavy atom. The van der Waals surface area contributed by atoms with E-state index >= 15 is 0 Å². The van der Waals surface area contributed by atoms with E-state index in [1.165, 1.54) is 0 Å². The molecule has 0 aromatic heterocycles. The van der Waals surface area contributed by atoms with Crippen LogP contribution in [0.15, 0.2) is 18.2 Å². The Morgan fingerprint density at radius 1 is 1.38 bits per heavy atom. The van der Waals surface area contributed by atoms with Crippen LogP contribution in [0.5, 0.6) is 5.75 Å². The van der Waals surface area contributed by atoms with Gasteiger partial charge >= 0.3 is 0 Å². The van der Waals surface area contributed by atoms with E-state index in [1.807, 2.05) is 18.2 Å². The number of benzene rings is 1. The van der Waals surface area contributed by atoms with Gasteiger partial charge in [0.05, 0.1) is 6.10 Å². The molecule has 0 bridgehead atoms. The number of aliphatic hydroxyl groups is 1. The van der Waals surface area contributed by atoms with Crippen molar-refractivity contribution < 1.29 is 14.6 Å². The molecule has 1 aliphatic heterocycles. The van der Waals surface area contributed by atoms with Crippen LogP contribution in [0.1, 0.15) is 32.8 Å². The van der Waals surface area contributed by atoms with Gasteiger partial charge in [0.25, 0.3) is 0 Å². The maximum Gasteiger partial charge on any atom is 0.224 e. The van der Waals surface area contributed by atoms with E-state index in [0.29, 0.717) is 18.6 Å². The maximum absolute atomic E-state index is 11.4. The molecule has 0 saturated heterocycles. The number of aliphatic hydroxyl groups excluding tert-OH is 1. The first-order valence-corrected chi connectivity index (χ1v) is 8.20. The molecule has 0 aliphatic carbocycles. The molecule has 4 nitrogen and oxygen atoms in total. The van der Waals surface area contributed by atoms with Crippen LogP contribution >= 0.6 is 11.8 Å². The molecule has 1 atom stereocenters. The molecule has 0 spiro atoms. The summed E-state index contributed by atoms with van der Waals surface area (Å²) in [6.07, 6.45) is 0.670. The van der Waals surface area contributed by atoms with Crippen LogP contribution in [0.3, 0.4) is 0 Å². The standard InChI is InChI=1S/C16H23NO3S/c1-16(2,3)21-10-11(18)9-20-14-6-4-5-13-12(14)7-8-15(19)17-13/h4-6,11,18H,7-10H2,1-3H3,(H,17,19). The maximum atomic E-state index is 11.4. The monoisotopic (exact) mass is 309 g/mol. The van der Waals surface area contributed by atoms with Crippen molar-refractivity contribution in [2.75, 3.05) is 17.7 Å². The molecule has 1 aromatic carbocycles. The minimum atomic E-state index is -0.497. The van der Waals surface area contributed by atoms with Gasteiger partial charge < -0.3 is 15.2 Å². The van der Waals surface area contributed by atoms with Gasteiger partial charge in [-0.15, -0.1) is 0 Å². The molecule has 1 unspecified atom stereocenters. The second-order valence-electron chi connectivity index (χ2n) is 6.22. The first-order valence-electron chi connectivity index (χ1n) is 7.22. The zero-order valence-electron chi connectivity index (χ0n) is 12.8. The van der Waals surface area contributed by atoms with Crippen molar-refractivity contribution in [1.82, 2.24) is 0 Å². The second-order valence-corrected chi connectivity index (χ2v) is 8.07. The van der Waals surface area contributed by atoms with Crippen LogP contribution in [-0.4, -0.2) is 34.2 Å². The fourth-order valence-electron chi connectivity index (χ4n) is 2.11. The number of hydrogen-bond donors (Lipinski definition) is 2. The number of anilines is 1. The highest BCUT2D eigenvalue weighted by Gasteiger charge is 2.19. The minimum absolute atomic E-state index is 0.0428. The van der Waals surface area contributed by atoms with E-state index in [-0.39, 0.29) is 17.3 Å². The minimum Gasteiger partial charge on any atom is -0.490 e. The van der Waals surface area contributed by atoms with Crippen molar-refractivity contribution in [3.8, 4) is 5.75 Å². The average molecular weight is 309 g/mol. The van der Waals surface area contributed by atoms with Crippen molar-refractivity contribution in [3.05, 3.63) is 23.8 Å². The molecule has 1 aliphatic rings. The summed E-state index contributed by atoms with van der Waals surface area (Å²) >= 11 is 1.72. The van der Waals surface area contributed by atoms with Crippen molar-refractivity contribution in [3.63, 3.8) is 0 Å². The van der Waals surface area contributed by atoms with Gasteiger partial charge in [-0.1, -0.05) is 26.8 Å². The number of amides is 1. The number of thioether (sulfide) groups is 1. The molecule has 0 saturated carbocycles. The van der Waals surface area contributed by atoms with E-state index in [1.54, 1.807) is 11.8 Å². The van der Waals surface area contributed by atoms with Gasteiger partial charge in [-0.25, -0.2) is 0 Å². The Hall–Kier alpha value is -1.20. The lowest BCUT2D eigenvalue weighted by atomic mass is 10.0. The summed E-state index contributed by atoms with van der Waals surface area (Å²) in [7, 11) is 0. The highest BCUT2D eigenvalue weighted by Crippen LogP contribution is 2.31. The van der Waals surface area contributed by atoms with E-state index in [0.717, 1.165) is 17.0 Å². The van der Waals surface area contributed by atoms with Gasteiger partial charge in [0, 0.05) is 28.2 Å². The molecule has 1 heterocycles. The fourth-order valence-corrected chi connectivity index (χ4v) is 2.90. The molecular weight excluding hydrogens is 286 g/mol. The van der Waals surface area contributed by atoms with Gasteiger partial charge in [-0.2, -0.15) is 11.8 Å². The lowest BCUT2D eigenvalue weighted by Crippen LogP contribution is -2.24. The number of hydrogen-bond acceptors (Lipinski definition) is 4. The SMILES string of the molecule is CC(C)(C)SCC(O)COc1cccc2c1CCC(=O)N2. The second kappa shape index (κ2) is 6.71. The summed E-state index contributed by atoms with van der Waals surface area (Å²) < 4.78 is 5.89. The Kier molecular flexibility index (Phi) is 5.17. The van der Waals surface area contributed by atoms with Crippen LogP contribution < -0.4 is 10.1 Å². The van der Waals surface area contributed by atoms with Gasteiger partial charge in [-0.3, -0.25) is 4.79 Å². The van der Waals surface area contributed by atoms with Gasteiger partial charge in [-0.05, 0) is 18.6 Å². The molecule has 0 fully saturated rings. The van der Waals surface area contributed by atoms with Gasteiger partial charge in [0.15, 0.2) is 0 Å². The Labute approximate surface area is 130 Å². The third-order valence-corrected chi connectivity index (χ3v) is 4.57. The predicted octanol–water partition coefficient (Wildman–Crippen LogP) is 2.84. The van der Waals surface area contributed by atoms with Crippen LogP contribution in [-0.2, 0) is 11.2 Å². The van der Waals surface area contributed by atoms with Crippen molar-refractivity contribution in [2.45, 2.75) is 44.5 Å². The molecule has 116 valence electrons. The number of ether oxygens (including phenoxy) is 1. The first kappa shape index (κ1) is 16.2. The zero-order valence-corrected chi connectivity index (χ0v) is 13.6. The fraction of sp³-hybridized carbons (Fsp3) is 0.562. The first-order chi connectivity index (χ1) is 9.85. The zero-order chi connectivity index (χ0) is 15.5. The number of fused-ring (bicyclic) bond motifs is 1. The lowest BCUT2D eigenvalue weighted by Gasteiger charge is -2.22. The predicted molar refractivity (Wildman–Crippen MR) is 87.1 cm³/mol. The molecular formula is C16H23NO3S. The summed E-state index contributed by atoms with van der Waals surface area (Å²) in [6.45, 7) is 6.65. The molecule has 0 radical (unpaired) electrons. The summed E-state index contributed by atoms with van der Waals surface area (Å²) in [4.78, 5) is 11.4. The van der Waals surface area contributed by atoms with E-state index < -0.39 is 6.10 Å². The molecule has 2 rings (SSSR count). The van der Waals surface area contributed by atoms with Crippen LogP contribution in [0.4, 0.5) is 5.69 Å². The number of rotatable bonds is 5. The van der Waals surface area contributed by atoms with Crippen molar-refractivity contribution >= 4 is 23.4 Å². The molecule has 2 N–H and O–H groups in total. The number of carbonyl (C=O) groups excluding carboxylic acids is 1. The van der Waals surface area contributed by atoms with E-state index in [2.05, 4.69) is 26.1 Å². The molecule has 21 heavy (non-hydrogen) atoms. The van der Waals surface area contributed by atoms with Crippen LogP contribution in [0.2, 0.25) is 0 Å². The Bertz CT molecular complexity index is 511. The normalized spacial score (nSPS) is 16.1. The third kappa shape index (κ3) is 4.93. The summed E-state index contributed by atoms with van der Waals surface area (Å²) in [5, 5.41) is 12.9. The third-order valence-electron chi connectivity index (χ3n) is 3.15. The molecule has 5 heteroatoms. The number of carbonyl (C=O) groups is 1. The number of nitrogens with one attached hydrogen (secondary N) is 1. The van der Waals surface area contributed by atoms with Gasteiger partial charge in [0.2, 0.25) is 5.91 Å². The molecule has 1 aromatic rings. The smallest absolute Gasteiger partial charge is 0.224 e. The highest BCUT2D eigenvalue weighted by molar-refractivity contribution is 8.00. The van der Waals surface area contributed by atoms with Crippen molar-refractivity contribution in [1.29, 1.82) is 0 Å². The average Bonchev–Trinajstić information content (AvgIpc) is 2.41. The van der Waals surface area contributed by atoms with Crippen molar-refractivity contribution in [2.24, 2.45) is 0 Å².